The van der Waals surface area contributed by atoms with Crippen LogP contribution in [0.4, 0.5) is 0 Å². The van der Waals surface area contributed by atoms with Gasteiger partial charge in [0.2, 0.25) is 0 Å². The van der Waals surface area contributed by atoms with E-state index < -0.39 is 0 Å². The first-order chi connectivity index (χ1) is 6.79. The van der Waals surface area contributed by atoms with Crippen molar-refractivity contribution in [2.75, 3.05) is 13.1 Å². The molecule has 2 rings (SSSR count). The van der Waals surface area contributed by atoms with Crippen molar-refractivity contribution in [3.63, 3.8) is 0 Å². The molecule has 0 saturated carbocycles. The number of hydrogen-bond donors (Lipinski definition) is 1. The van der Waals surface area contributed by atoms with Gasteiger partial charge in [0.15, 0.2) is 0 Å². The van der Waals surface area contributed by atoms with Crippen LogP contribution in [0.25, 0.3) is 0 Å². The zero-order valence-electron chi connectivity index (χ0n) is 8.13. The van der Waals surface area contributed by atoms with E-state index >= 15 is 0 Å². The first kappa shape index (κ1) is 10.6. The average Bonchev–Trinajstić information content (AvgIpc) is 2.65. The molecule has 1 aromatic rings. The lowest BCUT2D eigenvalue weighted by molar-refractivity contribution is -0.0382. The molecule has 14 heavy (non-hydrogen) atoms. The van der Waals surface area contributed by atoms with Crippen molar-refractivity contribution in [2.24, 2.45) is 0 Å². The quantitative estimate of drug-likeness (QED) is 0.896. The molecule has 0 spiro atoms. The van der Waals surface area contributed by atoms with Crippen molar-refractivity contribution in [3.8, 4) is 0 Å². The first-order valence-electron chi connectivity index (χ1n) is 4.91. The van der Waals surface area contributed by atoms with Gasteiger partial charge < -0.3 is 10.1 Å². The Labute approximate surface area is 96.8 Å². The Kier molecular flexibility index (Phi) is 3.60. The van der Waals surface area contributed by atoms with E-state index in [0.29, 0.717) is 6.10 Å². The Morgan fingerprint density at radius 3 is 3.07 bits per heavy atom. The zero-order valence-corrected chi connectivity index (χ0v) is 10.5. The highest BCUT2D eigenvalue weighted by Crippen LogP contribution is 2.31. The fraction of sp³-hybridized carbons (Fsp3) is 0.600. The summed E-state index contributed by atoms with van der Waals surface area (Å²) >= 11 is 5.23. The summed E-state index contributed by atoms with van der Waals surface area (Å²) in [5.41, 5.74) is 0. The maximum atomic E-state index is 5.96. The fourth-order valence-electron chi connectivity index (χ4n) is 1.61. The van der Waals surface area contributed by atoms with Crippen molar-refractivity contribution in [3.05, 3.63) is 20.8 Å². The molecule has 1 aliphatic heterocycles. The molecule has 1 aromatic heterocycles. The molecule has 0 aromatic carbocycles. The summed E-state index contributed by atoms with van der Waals surface area (Å²) in [4.78, 5) is 1.31. The van der Waals surface area contributed by atoms with Gasteiger partial charge in [-0.1, -0.05) is 6.92 Å². The Hall–Kier alpha value is 0.1000. The van der Waals surface area contributed by atoms with E-state index in [0.717, 1.165) is 19.5 Å². The number of ether oxygens (including phenoxy) is 1. The van der Waals surface area contributed by atoms with E-state index in [1.165, 1.54) is 8.66 Å². The van der Waals surface area contributed by atoms with E-state index in [1.54, 1.807) is 11.3 Å². The van der Waals surface area contributed by atoms with E-state index in [-0.39, 0.29) is 6.10 Å². The van der Waals surface area contributed by atoms with Crippen molar-refractivity contribution in [1.82, 2.24) is 5.32 Å². The third-order valence-corrected chi connectivity index (χ3v) is 4.14. The lowest BCUT2D eigenvalue weighted by atomic mass is 10.2. The third kappa shape index (κ3) is 2.37. The Bertz CT molecular complexity index is 302. The molecule has 1 fully saturated rings. The molecule has 0 aliphatic carbocycles. The number of thiophene rings is 1. The number of nitrogens with one attached hydrogen (secondary N) is 1. The molecule has 4 heteroatoms. The van der Waals surface area contributed by atoms with Gasteiger partial charge in [-0.05, 0) is 34.5 Å². The SMILES string of the molecule is CCC1CNCC(c2ccc(Br)s2)O1. The van der Waals surface area contributed by atoms with Crippen LogP contribution in [-0.2, 0) is 4.74 Å². The van der Waals surface area contributed by atoms with Crippen molar-refractivity contribution < 1.29 is 4.74 Å². The first-order valence-corrected chi connectivity index (χ1v) is 6.52. The molecule has 2 atom stereocenters. The molecular weight excluding hydrogens is 262 g/mol. The van der Waals surface area contributed by atoms with Gasteiger partial charge in [0, 0.05) is 18.0 Å². The van der Waals surface area contributed by atoms with E-state index in [2.05, 4.69) is 40.3 Å². The Balaban J connectivity index is 2.04. The maximum absolute atomic E-state index is 5.96. The number of halogens is 1. The van der Waals surface area contributed by atoms with E-state index in [9.17, 15) is 0 Å². The summed E-state index contributed by atoms with van der Waals surface area (Å²) in [6, 6.07) is 4.22. The highest BCUT2D eigenvalue weighted by molar-refractivity contribution is 9.11. The van der Waals surface area contributed by atoms with Crippen LogP contribution < -0.4 is 5.32 Å². The molecular formula is C10H14BrNOS. The fourth-order valence-corrected chi connectivity index (χ4v) is 3.07. The van der Waals surface area contributed by atoms with Gasteiger partial charge in [-0.15, -0.1) is 11.3 Å². The van der Waals surface area contributed by atoms with E-state index in [1.807, 2.05) is 0 Å². The summed E-state index contributed by atoms with van der Waals surface area (Å²) in [5, 5.41) is 3.41. The van der Waals surface area contributed by atoms with Crippen LogP contribution in [0.5, 0.6) is 0 Å². The molecule has 2 unspecified atom stereocenters. The van der Waals surface area contributed by atoms with Crippen LogP contribution in [0.1, 0.15) is 24.3 Å². The molecule has 1 aliphatic rings. The minimum absolute atomic E-state index is 0.241. The predicted molar refractivity (Wildman–Crippen MR) is 62.8 cm³/mol. The summed E-state index contributed by atoms with van der Waals surface area (Å²) < 4.78 is 7.14. The smallest absolute Gasteiger partial charge is 0.104 e. The molecule has 0 radical (unpaired) electrons. The second-order valence-corrected chi connectivity index (χ2v) is 5.95. The summed E-state index contributed by atoms with van der Waals surface area (Å²) in [5.74, 6) is 0. The van der Waals surface area contributed by atoms with Gasteiger partial charge in [-0.3, -0.25) is 0 Å². The van der Waals surface area contributed by atoms with Gasteiger partial charge in [0.1, 0.15) is 6.10 Å². The standard InChI is InChI=1S/C10H14BrNOS/c1-2-7-5-12-6-8(13-7)9-3-4-10(11)14-9/h3-4,7-8,12H,2,5-6H2,1H3. The van der Waals surface area contributed by atoms with Crippen molar-refractivity contribution >= 4 is 27.3 Å². The highest BCUT2D eigenvalue weighted by atomic mass is 79.9. The van der Waals surface area contributed by atoms with Crippen LogP contribution in [0.3, 0.4) is 0 Å². The van der Waals surface area contributed by atoms with Gasteiger partial charge in [-0.2, -0.15) is 0 Å². The molecule has 0 bridgehead atoms. The van der Waals surface area contributed by atoms with Crippen LogP contribution >= 0.6 is 27.3 Å². The second-order valence-electron chi connectivity index (χ2n) is 3.46. The number of morpholine rings is 1. The molecule has 78 valence electrons. The Morgan fingerprint density at radius 2 is 2.43 bits per heavy atom. The van der Waals surface area contributed by atoms with Crippen molar-refractivity contribution in [1.29, 1.82) is 0 Å². The highest BCUT2D eigenvalue weighted by Gasteiger charge is 2.22. The van der Waals surface area contributed by atoms with E-state index in [4.69, 9.17) is 4.74 Å². The largest absolute Gasteiger partial charge is 0.367 e. The van der Waals surface area contributed by atoms with Crippen LogP contribution in [0.2, 0.25) is 0 Å². The lowest BCUT2D eigenvalue weighted by Crippen LogP contribution is -2.39. The normalized spacial score (nSPS) is 27.9. The summed E-state index contributed by atoms with van der Waals surface area (Å²) in [6.07, 6.45) is 1.69. The Morgan fingerprint density at radius 1 is 1.57 bits per heavy atom. The average molecular weight is 276 g/mol. The van der Waals surface area contributed by atoms with Gasteiger partial charge in [0.25, 0.3) is 0 Å². The summed E-state index contributed by atoms with van der Waals surface area (Å²) in [6.45, 7) is 4.09. The molecule has 1 N–H and O–H groups in total. The van der Waals surface area contributed by atoms with Gasteiger partial charge in [-0.25, -0.2) is 0 Å². The topological polar surface area (TPSA) is 21.3 Å². The lowest BCUT2D eigenvalue weighted by Gasteiger charge is -2.29. The summed E-state index contributed by atoms with van der Waals surface area (Å²) in [7, 11) is 0. The zero-order chi connectivity index (χ0) is 9.97. The van der Waals surface area contributed by atoms with Crippen molar-refractivity contribution in [2.45, 2.75) is 25.6 Å². The second kappa shape index (κ2) is 4.75. The van der Waals surface area contributed by atoms with Gasteiger partial charge in [0.05, 0.1) is 9.89 Å². The number of hydrogen-bond acceptors (Lipinski definition) is 3. The van der Waals surface area contributed by atoms with Crippen LogP contribution in [0, 0.1) is 0 Å². The predicted octanol–water partition coefficient (Wildman–Crippen LogP) is 2.95. The molecule has 1 saturated heterocycles. The number of rotatable bonds is 2. The third-order valence-electron chi connectivity index (χ3n) is 2.43. The minimum atomic E-state index is 0.241. The molecule has 2 heterocycles. The van der Waals surface area contributed by atoms with Gasteiger partial charge >= 0.3 is 0 Å². The molecule has 0 amide bonds. The molecule has 2 nitrogen and oxygen atoms in total. The van der Waals surface area contributed by atoms with Crippen LogP contribution in [0.15, 0.2) is 15.9 Å². The monoisotopic (exact) mass is 275 g/mol. The maximum Gasteiger partial charge on any atom is 0.104 e. The minimum Gasteiger partial charge on any atom is -0.367 e. The van der Waals surface area contributed by atoms with Crippen LogP contribution in [-0.4, -0.2) is 19.2 Å².